The average molecular weight is 407 g/mol. The maximum Gasteiger partial charge on any atom is 0.262 e. The molecule has 2 N–H and O–H groups in total. The number of amides is 2. The number of rotatable bonds is 3. The van der Waals surface area contributed by atoms with E-state index in [9.17, 15) is 9.59 Å². The van der Waals surface area contributed by atoms with Crippen molar-refractivity contribution in [3.05, 3.63) is 64.6 Å². The van der Waals surface area contributed by atoms with Crippen LogP contribution in [0, 0.1) is 11.8 Å². The molecule has 1 fully saturated rings. The van der Waals surface area contributed by atoms with E-state index in [2.05, 4.69) is 24.5 Å². The van der Waals surface area contributed by atoms with Gasteiger partial charge in [-0.1, -0.05) is 68.8 Å². The predicted molar refractivity (Wildman–Crippen MR) is 119 cm³/mol. The van der Waals surface area contributed by atoms with E-state index < -0.39 is 0 Å². The van der Waals surface area contributed by atoms with E-state index in [1.807, 2.05) is 48.5 Å². The molecule has 2 aromatic rings. The number of benzene rings is 2. The number of anilines is 1. The maximum atomic E-state index is 12.8. The van der Waals surface area contributed by atoms with Crippen molar-refractivity contribution in [1.29, 1.82) is 0 Å². The lowest BCUT2D eigenvalue weighted by Gasteiger charge is -2.34. The van der Waals surface area contributed by atoms with Crippen molar-refractivity contribution in [2.24, 2.45) is 11.8 Å². The zero-order valence-corrected chi connectivity index (χ0v) is 17.6. The zero-order chi connectivity index (χ0) is 20.4. The van der Waals surface area contributed by atoms with Crippen LogP contribution in [0.5, 0.6) is 0 Å². The van der Waals surface area contributed by atoms with Crippen molar-refractivity contribution in [2.75, 3.05) is 5.32 Å². The van der Waals surface area contributed by atoms with Crippen LogP contribution in [0.1, 0.15) is 49.0 Å². The molecular formula is C24H26N2O2S. The van der Waals surface area contributed by atoms with Crippen molar-refractivity contribution in [3.63, 3.8) is 0 Å². The fourth-order valence-corrected chi connectivity index (χ4v) is 4.97. The summed E-state index contributed by atoms with van der Waals surface area (Å²) in [4.78, 5) is 26.9. The third kappa shape index (κ3) is 4.40. The van der Waals surface area contributed by atoms with Gasteiger partial charge in [-0.05, 0) is 48.1 Å². The van der Waals surface area contributed by atoms with Gasteiger partial charge in [0.15, 0.2) is 0 Å². The first kappa shape index (κ1) is 19.8. The van der Waals surface area contributed by atoms with Crippen LogP contribution < -0.4 is 10.6 Å². The molecule has 150 valence electrons. The van der Waals surface area contributed by atoms with E-state index >= 15 is 0 Å². The molecule has 0 bridgehead atoms. The molecule has 1 aliphatic carbocycles. The Bertz CT molecular complexity index is 955. The van der Waals surface area contributed by atoms with Gasteiger partial charge in [0.05, 0.1) is 10.6 Å². The van der Waals surface area contributed by atoms with Gasteiger partial charge in [-0.25, -0.2) is 0 Å². The second-order valence-electron chi connectivity index (χ2n) is 8.03. The van der Waals surface area contributed by atoms with Crippen molar-refractivity contribution < 1.29 is 9.59 Å². The molecule has 4 rings (SSSR count). The number of carbonyl (C=O) groups is 2. The summed E-state index contributed by atoms with van der Waals surface area (Å²) in [5.41, 5.74) is 2.27. The minimum Gasteiger partial charge on any atom is -0.349 e. The van der Waals surface area contributed by atoms with Crippen LogP contribution in [-0.4, -0.2) is 17.9 Å². The molecule has 0 aromatic heterocycles. The van der Waals surface area contributed by atoms with Crippen LogP contribution in [0.4, 0.5) is 5.69 Å². The second kappa shape index (κ2) is 8.46. The number of nitrogens with one attached hydrogen (secondary N) is 2. The van der Waals surface area contributed by atoms with Crippen LogP contribution in [-0.2, 0) is 4.79 Å². The summed E-state index contributed by atoms with van der Waals surface area (Å²) in [6.07, 6.45) is 5.30. The topological polar surface area (TPSA) is 58.2 Å². The summed E-state index contributed by atoms with van der Waals surface area (Å²) in [6, 6.07) is 15.5. The Morgan fingerprint density at radius 1 is 1.14 bits per heavy atom. The Hall–Kier alpha value is -2.53. The third-order valence-corrected chi connectivity index (χ3v) is 7.15. The van der Waals surface area contributed by atoms with Crippen molar-refractivity contribution >= 4 is 35.3 Å². The number of hydrogen-bond acceptors (Lipinski definition) is 3. The first-order valence-electron chi connectivity index (χ1n) is 10.2. The van der Waals surface area contributed by atoms with Gasteiger partial charge in [-0.15, -0.1) is 0 Å². The second-order valence-corrected chi connectivity index (χ2v) is 9.12. The first-order valence-corrected chi connectivity index (χ1v) is 11.0. The molecule has 3 atom stereocenters. The van der Waals surface area contributed by atoms with Crippen LogP contribution >= 0.6 is 11.8 Å². The molecule has 1 heterocycles. The van der Waals surface area contributed by atoms with Gasteiger partial charge in [0.25, 0.3) is 11.8 Å². The monoisotopic (exact) mass is 406 g/mol. The summed E-state index contributed by atoms with van der Waals surface area (Å²) in [5, 5.41) is 6.14. The predicted octanol–water partition coefficient (Wildman–Crippen LogP) is 5.33. The fraction of sp³-hybridized carbons (Fsp3) is 0.333. The molecule has 1 saturated carbocycles. The molecule has 5 heteroatoms. The van der Waals surface area contributed by atoms with E-state index in [0.717, 1.165) is 23.3 Å². The van der Waals surface area contributed by atoms with Gasteiger partial charge in [0.1, 0.15) is 0 Å². The maximum absolute atomic E-state index is 12.8. The molecule has 1 aliphatic heterocycles. The summed E-state index contributed by atoms with van der Waals surface area (Å²) >= 11 is 1.43. The number of hydrogen-bond donors (Lipinski definition) is 2. The zero-order valence-electron chi connectivity index (χ0n) is 16.8. The molecule has 0 saturated heterocycles. The third-order valence-electron chi connectivity index (χ3n) is 6.05. The van der Waals surface area contributed by atoms with E-state index in [-0.39, 0.29) is 17.9 Å². The molecule has 4 nitrogen and oxygen atoms in total. The molecule has 2 amide bonds. The summed E-state index contributed by atoms with van der Waals surface area (Å²) in [5.74, 6) is 0.900. The van der Waals surface area contributed by atoms with E-state index in [0.29, 0.717) is 28.0 Å². The number of fused-ring (bicyclic) bond motifs is 1. The molecule has 0 unspecified atom stereocenters. The number of carbonyl (C=O) groups excluding carboxylic acids is 2. The van der Waals surface area contributed by atoms with Crippen LogP contribution in [0.15, 0.2) is 58.3 Å². The van der Waals surface area contributed by atoms with Crippen molar-refractivity contribution in [2.45, 2.75) is 44.0 Å². The molecule has 2 aromatic carbocycles. The van der Waals surface area contributed by atoms with Crippen LogP contribution in [0.25, 0.3) is 6.08 Å². The Balaban J connectivity index is 1.50. The quantitative estimate of drug-likeness (QED) is 0.678. The highest BCUT2D eigenvalue weighted by Crippen LogP contribution is 2.39. The summed E-state index contributed by atoms with van der Waals surface area (Å²) in [7, 11) is 0. The van der Waals surface area contributed by atoms with Crippen LogP contribution in [0.3, 0.4) is 0 Å². The lowest BCUT2D eigenvalue weighted by Crippen LogP contribution is -2.43. The Labute approximate surface area is 176 Å². The standard InChI is InChI=1S/C24H26N2O2S/c1-15-7-6-10-19(16(15)2)25-23(27)18-11-12-21-20(14-18)26-24(28)22(29-21)13-17-8-4-3-5-9-17/h3-5,8-9,11-16,19H,6-7,10H2,1-2H3,(H,25,27)(H,26,28)/b22-13-/t15-,16+,19+/m1/s1. The summed E-state index contributed by atoms with van der Waals surface area (Å²) in [6.45, 7) is 4.48. The fourth-order valence-electron chi connectivity index (χ4n) is 4.04. The summed E-state index contributed by atoms with van der Waals surface area (Å²) < 4.78 is 0. The highest BCUT2D eigenvalue weighted by atomic mass is 32.2. The van der Waals surface area contributed by atoms with E-state index in [1.165, 1.54) is 18.2 Å². The highest BCUT2D eigenvalue weighted by Gasteiger charge is 2.29. The normalized spacial score (nSPS) is 25.2. The smallest absolute Gasteiger partial charge is 0.262 e. The highest BCUT2D eigenvalue weighted by molar-refractivity contribution is 8.04. The number of thioether (sulfide) groups is 1. The van der Waals surface area contributed by atoms with Gasteiger partial charge in [0.2, 0.25) is 0 Å². The molecule has 0 spiro atoms. The van der Waals surface area contributed by atoms with Gasteiger partial charge in [0, 0.05) is 16.5 Å². The van der Waals surface area contributed by atoms with Crippen LogP contribution in [0.2, 0.25) is 0 Å². The minimum absolute atomic E-state index is 0.0661. The van der Waals surface area contributed by atoms with E-state index in [1.54, 1.807) is 6.07 Å². The molecule has 2 aliphatic rings. The largest absolute Gasteiger partial charge is 0.349 e. The SMILES string of the molecule is C[C@H]1[C@H](C)CCC[C@@H]1NC(=O)c1ccc2c(c1)NC(=O)/C(=C/c1ccccc1)S2. The molecular weight excluding hydrogens is 380 g/mol. The van der Waals surface area contributed by atoms with Gasteiger partial charge >= 0.3 is 0 Å². The van der Waals surface area contributed by atoms with Crippen molar-refractivity contribution in [1.82, 2.24) is 5.32 Å². The first-order chi connectivity index (χ1) is 14.0. The van der Waals surface area contributed by atoms with Crippen molar-refractivity contribution in [3.8, 4) is 0 Å². The Morgan fingerprint density at radius 2 is 1.93 bits per heavy atom. The van der Waals surface area contributed by atoms with E-state index in [4.69, 9.17) is 0 Å². The van der Waals surface area contributed by atoms with Gasteiger partial charge < -0.3 is 10.6 Å². The molecule has 29 heavy (non-hydrogen) atoms. The average Bonchev–Trinajstić information content (AvgIpc) is 2.72. The minimum atomic E-state index is -0.140. The molecule has 0 radical (unpaired) electrons. The van der Waals surface area contributed by atoms with Gasteiger partial charge in [-0.2, -0.15) is 0 Å². The Kier molecular flexibility index (Phi) is 5.76. The van der Waals surface area contributed by atoms with Gasteiger partial charge in [-0.3, -0.25) is 9.59 Å². The lowest BCUT2D eigenvalue weighted by molar-refractivity contribution is -0.112. The Morgan fingerprint density at radius 3 is 2.72 bits per heavy atom. The lowest BCUT2D eigenvalue weighted by atomic mass is 9.78.